The van der Waals surface area contributed by atoms with Crippen LogP contribution >= 0.6 is 0 Å². The van der Waals surface area contributed by atoms with Crippen molar-refractivity contribution in [1.82, 2.24) is 0 Å². The van der Waals surface area contributed by atoms with Gasteiger partial charge in [0.05, 0.1) is 0 Å². The minimum absolute atomic E-state index is 0.0982. The van der Waals surface area contributed by atoms with Crippen LogP contribution in [0.15, 0.2) is 18.2 Å². The Bertz CT molecular complexity index is 537. The summed E-state index contributed by atoms with van der Waals surface area (Å²) in [6.45, 7) is 0.0982. The van der Waals surface area contributed by atoms with E-state index in [0.717, 1.165) is 0 Å². The maximum absolute atomic E-state index is 14.3. The number of rotatable bonds is 11. The van der Waals surface area contributed by atoms with Crippen LogP contribution in [-0.2, 0) is 11.2 Å². The molecule has 0 saturated heterocycles. The highest BCUT2D eigenvalue weighted by Gasteiger charge is 2.11. The zero-order chi connectivity index (χ0) is 17.2. The first-order chi connectivity index (χ1) is 10.9. The second-order valence-corrected chi connectivity index (χ2v) is 5.44. The van der Waals surface area contributed by atoms with Crippen LogP contribution in [0.3, 0.4) is 0 Å². The van der Waals surface area contributed by atoms with Crippen LogP contribution in [0.1, 0.15) is 37.7 Å². The van der Waals surface area contributed by atoms with Crippen LogP contribution in [0.2, 0.25) is 0 Å². The molecule has 6 nitrogen and oxygen atoms in total. The topological polar surface area (TPSA) is 125 Å². The third-order valence-electron chi connectivity index (χ3n) is 3.36. The SMILES string of the molecule is N=C([O-])CCCCc1cccc(OC[C@@H](N)CCC(N)=O)c1F. The van der Waals surface area contributed by atoms with Crippen molar-refractivity contribution in [2.75, 3.05) is 6.61 Å². The third-order valence-corrected chi connectivity index (χ3v) is 3.36. The molecule has 1 aromatic rings. The van der Waals surface area contributed by atoms with Crippen molar-refractivity contribution in [1.29, 1.82) is 5.41 Å². The molecule has 5 N–H and O–H groups in total. The molecular formula is C16H23FN3O3-. The molecule has 0 aliphatic carbocycles. The van der Waals surface area contributed by atoms with Crippen molar-refractivity contribution in [2.45, 2.75) is 44.6 Å². The Morgan fingerprint density at radius 3 is 2.74 bits per heavy atom. The molecule has 23 heavy (non-hydrogen) atoms. The standard InChI is InChI=1S/C16H24FN3O3/c17-16-11(4-1-2-7-14(19)21)5-3-6-13(16)23-10-12(18)8-9-15(20)22/h3,5-6,12H,1-2,4,7-10,18H2,(H2,19,21)(H2,20,22)/p-1/t12-/m0/s1. The number of ether oxygens (including phenoxy) is 1. The van der Waals surface area contributed by atoms with E-state index < -0.39 is 23.7 Å². The number of primary amides is 1. The third kappa shape index (κ3) is 7.60. The number of carbonyl (C=O) groups is 1. The number of nitrogens with two attached hydrogens (primary N) is 2. The van der Waals surface area contributed by atoms with E-state index in [-0.39, 0.29) is 25.2 Å². The van der Waals surface area contributed by atoms with E-state index in [0.29, 0.717) is 31.2 Å². The van der Waals surface area contributed by atoms with Gasteiger partial charge in [-0.15, -0.1) is 0 Å². The molecule has 1 amide bonds. The molecule has 0 saturated carbocycles. The van der Waals surface area contributed by atoms with Gasteiger partial charge >= 0.3 is 0 Å². The molecule has 1 rings (SSSR count). The van der Waals surface area contributed by atoms with E-state index in [1.165, 1.54) is 6.07 Å². The normalized spacial score (nSPS) is 11.9. The summed E-state index contributed by atoms with van der Waals surface area (Å²) < 4.78 is 19.7. The Labute approximate surface area is 135 Å². The molecule has 0 bridgehead atoms. The lowest BCUT2D eigenvalue weighted by Gasteiger charge is -2.14. The van der Waals surface area contributed by atoms with Crippen LogP contribution in [0.4, 0.5) is 4.39 Å². The summed E-state index contributed by atoms with van der Waals surface area (Å²) in [7, 11) is 0. The number of aryl methyl sites for hydroxylation is 1. The highest BCUT2D eigenvalue weighted by atomic mass is 19.1. The van der Waals surface area contributed by atoms with Crippen molar-refractivity contribution < 1.29 is 19.0 Å². The van der Waals surface area contributed by atoms with Gasteiger partial charge in [-0.2, -0.15) is 0 Å². The van der Waals surface area contributed by atoms with Crippen molar-refractivity contribution >= 4 is 11.8 Å². The van der Waals surface area contributed by atoms with Crippen LogP contribution < -0.4 is 21.3 Å². The Balaban J connectivity index is 2.48. The van der Waals surface area contributed by atoms with E-state index in [4.69, 9.17) is 21.6 Å². The summed E-state index contributed by atoms with van der Waals surface area (Å²) in [5.41, 5.74) is 11.3. The fourth-order valence-corrected chi connectivity index (χ4v) is 2.07. The molecular weight excluding hydrogens is 301 g/mol. The lowest BCUT2D eigenvalue weighted by atomic mass is 10.1. The number of hydrogen-bond acceptors (Lipinski definition) is 5. The van der Waals surface area contributed by atoms with Gasteiger partial charge in [0, 0.05) is 12.5 Å². The summed E-state index contributed by atoms with van der Waals surface area (Å²) in [4.78, 5) is 10.7. The van der Waals surface area contributed by atoms with Crippen LogP contribution in [0, 0.1) is 11.2 Å². The highest BCUT2D eigenvalue weighted by Crippen LogP contribution is 2.22. The van der Waals surface area contributed by atoms with Crippen LogP contribution in [0.5, 0.6) is 5.75 Å². The molecule has 0 fully saturated rings. The number of carbonyl (C=O) groups excluding carboxylic acids is 1. The zero-order valence-electron chi connectivity index (χ0n) is 13.0. The molecule has 128 valence electrons. The minimum atomic E-state index is -0.604. The summed E-state index contributed by atoms with van der Waals surface area (Å²) in [6.07, 6.45) is 2.41. The molecule has 0 aromatic heterocycles. The first-order valence-corrected chi connectivity index (χ1v) is 7.58. The van der Waals surface area contributed by atoms with Gasteiger partial charge in [-0.25, -0.2) is 4.39 Å². The Kier molecular flexibility index (Phi) is 8.04. The van der Waals surface area contributed by atoms with Gasteiger partial charge in [-0.05, 0) is 49.6 Å². The molecule has 0 spiro atoms. The van der Waals surface area contributed by atoms with Crippen molar-refractivity contribution in [2.24, 2.45) is 11.5 Å². The maximum Gasteiger partial charge on any atom is 0.217 e. The van der Waals surface area contributed by atoms with Gasteiger partial charge in [0.1, 0.15) is 6.61 Å². The van der Waals surface area contributed by atoms with E-state index in [1.54, 1.807) is 12.1 Å². The maximum atomic E-state index is 14.3. The highest BCUT2D eigenvalue weighted by molar-refractivity contribution is 5.73. The molecule has 0 unspecified atom stereocenters. The molecule has 0 heterocycles. The first-order valence-electron chi connectivity index (χ1n) is 7.58. The number of benzene rings is 1. The fraction of sp³-hybridized carbons (Fsp3) is 0.500. The lowest BCUT2D eigenvalue weighted by Crippen LogP contribution is -2.29. The molecule has 0 aliphatic heterocycles. The molecule has 1 atom stereocenters. The average Bonchev–Trinajstić information content (AvgIpc) is 2.49. The Morgan fingerprint density at radius 2 is 2.09 bits per heavy atom. The number of halogens is 1. The first kappa shape index (κ1) is 18.9. The number of amides is 1. The second-order valence-electron chi connectivity index (χ2n) is 5.44. The molecule has 1 aromatic carbocycles. The molecule has 0 radical (unpaired) electrons. The van der Waals surface area contributed by atoms with E-state index in [1.807, 2.05) is 0 Å². The molecule has 0 aliphatic rings. The van der Waals surface area contributed by atoms with E-state index in [9.17, 15) is 14.3 Å². The molecule has 7 heteroatoms. The Morgan fingerprint density at radius 1 is 1.35 bits per heavy atom. The summed E-state index contributed by atoms with van der Waals surface area (Å²) in [6, 6.07) is 4.48. The predicted molar refractivity (Wildman–Crippen MR) is 83.6 cm³/mol. The number of nitrogens with one attached hydrogen (secondary N) is 1. The van der Waals surface area contributed by atoms with Crippen molar-refractivity contribution in [3.63, 3.8) is 0 Å². The van der Waals surface area contributed by atoms with E-state index in [2.05, 4.69) is 0 Å². The van der Waals surface area contributed by atoms with Gasteiger partial charge in [0.15, 0.2) is 11.6 Å². The Hall–Kier alpha value is -2.15. The smallest absolute Gasteiger partial charge is 0.217 e. The van der Waals surface area contributed by atoms with Crippen molar-refractivity contribution in [3.8, 4) is 5.75 Å². The second kappa shape index (κ2) is 9.78. The van der Waals surface area contributed by atoms with Crippen LogP contribution in [0.25, 0.3) is 0 Å². The largest absolute Gasteiger partial charge is 0.862 e. The monoisotopic (exact) mass is 324 g/mol. The summed E-state index contributed by atoms with van der Waals surface area (Å²) in [5, 5.41) is 17.4. The van der Waals surface area contributed by atoms with Gasteiger partial charge in [-0.1, -0.05) is 12.1 Å². The van der Waals surface area contributed by atoms with E-state index >= 15 is 0 Å². The van der Waals surface area contributed by atoms with Gasteiger partial charge in [0.2, 0.25) is 5.91 Å². The summed E-state index contributed by atoms with van der Waals surface area (Å²) in [5.74, 6) is -1.35. The van der Waals surface area contributed by atoms with Gasteiger partial charge in [0.25, 0.3) is 0 Å². The van der Waals surface area contributed by atoms with Crippen molar-refractivity contribution in [3.05, 3.63) is 29.6 Å². The van der Waals surface area contributed by atoms with Gasteiger partial charge in [-0.3, -0.25) is 4.79 Å². The number of unbranched alkanes of at least 4 members (excludes halogenated alkanes) is 1. The quantitative estimate of drug-likeness (QED) is 0.317. The number of hydrogen-bond donors (Lipinski definition) is 3. The lowest BCUT2D eigenvalue weighted by molar-refractivity contribution is -0.220. The van der Waals surface area contributed by atoms with Gasteiger partial charge < -0.3 is 26.7 Å². The summed E-state index contributed by atoms with van der Waals surface area (Å²) >= 11 is 0. The predicted octanol–water partition coefficient (Wildman–Crippen LogP) is 0.848. The van der Waals surface area contributed by atoms with Crippen LogP contribution in [-0.4, -0.2) is 24.5 Å². The zero-order valence-corrected chi connectivity index (χ0v) is 13.0. The fourth-order valence-electron chi connectivity index (χ4n) is 2.07. The minimum Gasteiger partial charge on any atom is -0.862 e. The average molecular weight is 324 g/mol.